The molecule has 1 N–H and O–H groups in total. The quantitative estimate of drug-likeness (QED) is 0.796. The van der Waals surface area contributed by atoms with Crippen molar-refractivity contribution in [1.29, 1.82) is 0 Å². The van der Waals surface area contributed by atoms with Gasteiger partial charge >= 0.3 is 0 Å². The van der Waals surface area contributed by atoms with E-state index < -0.39 is 11.7 Å². The van der Waals surface area contributed by atoms with Crippen LogP contribution in [0.1, 0.15) is 21.5 Å². The van der Waals surface area contributed by atoms with E-state index in [2.05, 4.69) is 21.2 Å². The molecule has 2 aromatic carbocycles. The van der Waals surface area contributed by atoms with Crippen molar-refractivity contribution in [2.75, 3.05) is 5.32 Å². The van der Waals surface area contributed by atoms with Crippen LogP contribution in [0.5, 0.6) is 0 Å². The summed E-state index contributed by atoms with van der Waals surface area (Å²) in [7, 11) is 0. The van der Waals surface area contributed by atoms with Crippen LogP contribution in [0, 0.1) is 19.7 Å². The molecule has 0 fully saturated rings. The number of amides is 1. The van der Waals surface area contributed by atoms with Gasteiger partial charge in [-0.05, 0) is 49.2 Å². The molecule has 2 aromatic rings. The predicted octanol–water partition coefficient (Wildman–Crippen LogP) is 5.11. The first-order valence-corrected chi connectivity index (χ1v) is 7.09. The summed E-state index contributed by atoms with van der Waals surface area (Å²) in [6, 6.07) is 7.96. The molecule has 0 saturated carbocycles. The van der Waals surface area contributed by atoms with Crippen molar-refractivity contribution in [1.82, 2.24) is 0 Å². The van der Waals surface area contributed by atoms with Gasteiger partial charge in [0.1, 0.15) is 5.82 Å². The van der Waals surface area contributed by atoms with Crippen LogP contribution in [0.3, 0.4) is 0 Å². The number of benzene rings is 2. The Morgan fingerprint density at radius 2 is 1.85 bits per heavy atom. The molecule has 0 aliphatic carbocycles. The predicted molar refractivity (Wildman–Crippen MR) is 83.0 cm³/mol. The Hall–Kier alpha value is -1.39. The molecule has 0 saturated heterocycles. The second kappa shape index (κ2) is 5.94. The minimum Gasteiger partial charge on any atom is -0.321 e. The van der Waals surface area contributed by atoms with E-state index in [-0.39, 0.29) is 10.6 Å². The maximum Gasteiger partial charge on any atom is 0.257 e. The lowest BCUT2D eigenvalue weighted by Gasteiger charge is -2.13. The molecule has 104 valence electrons. The third-order valence-electron chi connectivity index (χ3n) is 2.93. The molecular formula is C15H12BrClFNO. The minimum atomic E-state index is -0.608. The van der Waals surface area contributed by atoms with Gasteiger partial charge in [-0.1, -0.05) is 33.6 Å². The van der Waals surface area contributed by atoms with Crippen molar-refractivity contribution >= 4 is 39.1 Å². The normalized spacial score (nSPS) is 10.4. The second-order valence-electron chi connectivity index (χ2n) is 4.47. The number of carbonyl (C=O) groups is 1. The highest BCUT2D eigenvalue weighted by Crippen LogP contribution is 2.27. The van der Waals surface area contributed by atoms with Gasteiger partial charge < -0.3 is 5.32 Å². The Bertz CT molecular complexity index is 665. The zero-order valence-electron chi connectivity index (χ0n) is 10.9. The molecule has 0 radical (unpaired) electrons. The van der Waals surface area contributed by atoms with Crippen LogP contribution in [0.15, 0.2) is 34.8 Å². The van der Waals surface area contributed by atoms with E-state index in [1.165, 1.54) is 18.2 Å². The lowest BCUT2D eigenvalue weighted by molar-refractivity contribution is 0.102. The van der Waals surface area contributed by atoms with Crippen LogP contribution >= 0.6 is 27.5 Å². The van der Waals surface area contributed by atoms with E-state index >= 15 is 0 Å². The number of carbonyl (C=O) groups excluding carboxylic acids is 1. The van der Waals surface area contributed by atoms with Crippen LogP contribution in [-0.2, 0) is 0 Å². The van der Waals surface area contributed by atoms with E-state index in [0.717, 1.165) is 15.6 Å². The highest BCUT2D eigenvalue weighted by Gasteiger charge is 2.15. The van der Waals surface area contributed by atoms with E-state index in [0.29, 0.717) is 5.69 Å². The highest BCUT2D eigenvalue weighted by atomic mass is 79.9. The summed E-state index contributed by atoms with van der Waals surface area (Å²) in [4.78, 5) is 12.2. The average molecular weight is 357 g/mol. The molecule has 2 nitrogen and oxygen atoms in total. The molecule has 0 unspecified atom stereocenters. The van der Waals surface area contributed by atoms with Crippen LogP contribution in [0.4, 0.5) is 10.1 Å². The molecule has 0 spiro atoms. The van der Waals surface area contributed by atoms with Gasteiger partial charge in [0.25, 0.3) is 5.91 Å². The zero-order valence-corrected chi connectivity index (χ0v) is 13.3. The van der Waals surface area contributed by atoms with Gasteiger partial charge in [0, 0.05) is 10.2 Å². The SMILES string of the molecule is Cc1cc(Br)cc(C)c1NC(=O)c1cccc(F)c1Cl. The van der Waals surface area contributed by atoms with Crippen LogP contribution in [0.2, 0.25) is 5.02 Å². The van der Waals surface area contributed by atoms with Crippen molar-refractivity contribution in [3.63, 3.8) is 0 Å². The summed E-state index contributed by atoms with van der Waals surface area (Å²) in [5, 5.41) is 2.61. The monoisotopic (exact) mass is 355 g/mol. The maximum absolute atomic E-state index is 13.4. The van der Waals surface area contributed by atoms with Crippen LogP contribution in [0.25, 0.3) is 0 Å². The van der Waals surface area contributed by atoms with Crippen LogP contribution in [-0.4, -0.2) is 5.91 Å². The van der Waals surface area contributed by atoms with Gasteiger partial charge in [0.15, 0.2) is 0 Å². The van der Waals surface area contributed by atoms with E-state index in [1.54, 1.807) is 0 Å². The molecule has 0 heterocycles. The third-order valence-corrected chi connectivity index (χ3v) is 3.77. The summed E-state index contributed by atoms with van der Waals surface area (Å²) in [6.45, 7) is 3.78. The van der Waals surface area contributed by atoms with Gasteiger partial charge in [-0.15, -0.1) is 0 Å². The van der Waals surface area contributed by atoms with Gasteiger partial charge in [0.2, 0.25) is 0 Å². The summed E-state index contributed by atoms with van der Waals surface area (Å²) >= 11 is 9.21. The van der Waals surface area contributed by atoms with Crippen molar-refractivity contribution in [2.24, 2.45) is 0 Å². The van der Waals surface area contributed by atoms with Crippen molar-refractivity contribution in [3.8, 4) is 0 Å². The average Bonchev–Trinajstić information content (AvgIpc) is 2.36. The molecule has 0 aliphatic rings. The van der Waals surface area contributed by atoms with Gasteiger partial charge in [-0.2, -0.15) is 0 Å². The third kappa shape index (κ3) is 3.02. The number of aryl methyl sites for hydroxylation is 2. The van der Waals surface area contributed by atoms with Gasteiger partial charge in [-0.3, -0.25) is 4.79 Å². The Morgan fingerprint density at radius 1 is 1.25 bits per heavy atom. The molecule has 20 heavy (non-hydrogen) atoms. The summed E-state index contributed by atoms with van der Waals surface area (Å²) in [6.07, 6.45) is 0. The fraction of sp³-hybridized carbons (Fsp3) is 0.133. The molecule has 2 rings (SSSR count). The molecule has 0 atom stereocenters. The van der Waals surface area contributed by atoms with Crippen molar-refractivity contribution in [3.05, 3.63) is 62.3 Å². The Kier molecular flexibility index (Phi) is 4.45. The minimum absolute atomic E-state index is 0.119. The highest BCUT2D eigenvalue weighted by molar-refractivity contribution is 9.10. The molecule has 5 heteroatoms. The number of halogens is 3. The molecule has 0 aliphatic heterocycles. The summed E-state index contributed by atoms with van der Waals surface area (Å²) in [5.41, 5.74) is 2.66. The Morgan fingerprint density at radius 3 is 2.45 bits per heavy atom. The smallest absolute Gasteiger partial charge is 0.257 e. The van der Waals surface area contributed by atoms with E-state index in [4.69, 9.17) is 11.6 Å². The van der Waals surface area contributed by atoms with Gasteiger partial charge in [-0.25, -0.2) is 4.39 Å². The molecule has 0 aromatic heterocycles. The molecular weight excluding hydrogens is 345 g/mol. The van der Waals surface area contributed by atoms with E-state index in [1.807, 2.05) is 26.0 Å². The topological polar surface area (TPSA) is 29.1 Å². The zero-order chi connectivity index (χ0) is 14.9. The lowest BCUT2D eigenvalue weighted by Crippen LogP contribution is -2.14. The number of hydrogen-bond donors (Lipinski definition) is 1. The van der Waals surface area contributed by atoms with Crippen LogP contribution < -0.4 is 5.32 Å². The number of rotatable bonds is 2. The molecule has 1 amide bonds. The second-order valence-corrected chi connectivity index (χ2v) is 5.76. The first-order chi connectivity index (χ1) is 9.40. The first-order valence-electron chi connectivity index (χ1n) is 5.92. The standard InChI is InChI=1S/C15H12BrClFNO/c1-8-6-10(16)7-9(2)14(8)19-15(20)11-4-3-5-12(18)13(11)17/h3-7H,1-2H3,(H,19,20). The fourth-order valence-electron chi connectivity index (χ4n) is 1.97. The number of hydrogen-bond acceptors (Lipinski definition) is 1. The number of anilines is 1. The first kappa shape index (κ1) is 15.0. The lowest BCUT2D eigenvalue weighted by atomic mass is 10.1. The van der Waals surface area contributed by atoms with Crippen molar-refractivity contribution in [2.45, 2.75) is 13.8 Å². The van der Waals surface area contributed by atoms with E-state index in [9.17, 15) is 9.18 Å². The summed E-state index contributed by atoms with van der Waals surface area (Å²) < 4.78 is 14.3. The summed E-state index contributed by atoms with van der Waals surface area (Å²) in [5.74, 6) is -1.04. The fourth-order valence-corrected chi connectivity index (χ4v) is 2.87. The number of nitrogens with one attached hydrogen (secondary N) is 1. The Labute approximate surface area is 130 Å². The molecule has 0 bridgehead atoms. The Balaban J connectivity index is 2.36. The van der Waals surface area contributed by atoms with Crippen molar-refractivity contribution < 1.29 is 9.18 Å². The van der Waals surface area contributed by atoms with Gasteiger partial charge in [0.05, 0.1) is 10.6 Å². The maximum atomic E-state index is 13.4. The largest absolute Gasteiger partial charge is 0.321 e.